The largest absolute Gasteiger partial charge is 0.379 e. The van der Waals surface area contributed by atoms with E-state index in [0.29, 0.717) is 38.2 Å². The molecule has 0 radical (unpaired) electrons. The summed E-state index contributed by atoms with van der Waals surface area (Å²) >= 11 is 0. The van der Waals surface area contributed by atoms with Crippen molar-refractivity contribution < 1.29 is 17.9 Å². The van der Waals surface area contributed by atoms with Gasteiger partial charge in [-0.05, 0) is 32.1 Å². The predicted octanol–water partition coefficient (Wildman–Crippen LogP) is 0.0649. The van der Waals surface area contributed by atoms with E-state index in [9.17, 15) is 8.42 Å². The average Bonchev–Trinajstić information content (AvgIpc) is 3.03. The topological polar surface area (TPSA) is 101 Å². The van der Waals surface area contributed by atoms with Crippen molar-refractivity contribution >= 4 is 16.0 Å². The molecule has 0 aromatic carbocycles. The lowest BCUT2D eigenvalue weighted by Gasteiger charge is -2.25. The van der Waals surface area contributed by atoms with Gasteiger partial charge in [0.05, 0.1) is 25.1 Å². The van der Waals surface area contributed by atoms with E-state index in [-0.39, 0.29) is 17.9 Å². The highest BCUT2D eigenvalue weighted by Gasteiger charge is 2.20. The fraction of sp³-hybridized carbons (Fsp3) is 0.938. The van der Waals surface area contributed by atoms with Crippen LogP contribution in [-0.2, 0) is 19.5 Å². The Balaban J connectivity index is 1.59. The highest BCUT2D eigenvalue weighted by atomic mass is 32.2. The number of nitrogens with one attached hydrogen (secondary N) is 3. The SMILES string of the molecule is CN=C(NCCS(=O)(=O)NCC1CCC1)NC(C)COC1CCOC1. The Kier molecular flexibility index (Phi) is 8.41. The fourth-order valence-electron chi connectivity index (χ4n) is 2.71. The molecule has 2 unspecified atom stereocenters. The number of rotatable bonds is 10. The van der Waals surface area contributed by atoms with Crippen molar-refractivity contribution in [2.45, 2.75) is 44.8 Å². The molecule has 1 aliphatic heterocycles. The Hall–Kier alpha value is -0.900. The molecule has 1 saturated heterocycles. The first-order chi connectivity index (χ1) is 12.0. The van der Waals surface area contributed by atoms with E-state index in [2.05, 4.69) is 20.3 Å². The second-order valence-electron chi connectivity index (χ2n) is 6.83. The first-order valence-electron chi connectivity index (χ1n) is 9.12. The number of sulfonamides is 1. The summed E-state index contributed by atoms with van der Waals surface area (Å²) in [5.74, 6) is 1.13. The molecule has 0 spiro atoms. The van der Waals surface area contributed by atoms with Gasteiger partial charge < -0.3 is 20.1 Å². The van der Waals surface area contributed by atoms with E-state index in [1.54, 1.807) is 7.05 Å². The van der Waals surface area contributed by atoms with E-state index in [1.165, 1.54) is 6.42 Å². The minimum absolute atomic E-state index is 0.0325. The van der Waals surface area contributed by atoms with Gasteiger partial charge in [-0.15, -0.1) is 0 Å². The van der Waals surface area contributed by atoms with Gasteiger partial charge in [0.25, 0.3) is 0 Å². The molecule has 1 saturated carbocycles. The van der Waals surface area contributed by atoms with Crippen LogP contribution < -0.4 is 15.4 Å². The van der Waals surface area contributed by atoms with Crippen molar-refractivity contribution in [1.29, 1.82) is 0 Å². The van der Waals surface area contributed by atoms with Gasteiger partial charge in [0, 0.05) is 32.8 Å². The summed E-state index contributed by atoms with van der Waals surface area (Å²) in [6, 6.07) is 0.0696. The number of ether oxygens (including phenoxy) is 2. The van der Waals surface area contributed by atoms with Crippen molar-refractivity contribution in [3.8, 4) is 0 Å². The number of hydrogen-bond acceptors (Lipinski definition) is 5. The second-order valence-corrected chi connectivity index (χ2v) is 8.75. The van der Waals surface area contributed by atoms with Gasteiger partial charge in [-0.2, -0.15) is 0 Å². The zero-order valence-corrected chi connectivity index (χ0v) is 16.1. The summed E-state index contributed by atoms with van der Waals surface area (Å²) in [6.07, 6.45) is 4.58. The number of aliphatic imine (C=N–C) groups is 1. The van der Waals surface area contributed by atoms with Crippen LogP contribution in [0.3, 0.4) is 0 Å². The molecule has 2 aliphatic rings. The quantitative estimate of drug-likeness (QED) is 0.368. The Labute approximate surface area is 151 Å². The Bertz CT molecular complexity index is 516. The summed E-state index contributed by atoms with van der Waals surface area (Å²) in [4.78, 5) is 4.12. The molecular formula is C16H32N4O4S. The van der Waals surface area contributed by atoms with E-state index < -0.39 is 10.0 Å². The summed E-state index contributed by atoms with van der Waals surface area (Å²) < 4.78 is 37.7. The van der Waals surface area contributed by atoms with Gasteiger partial charge >= 0.3 is 0 Å². The molecule has 25 heavy (non-hydrogen) atoms. The zero-order valence-electron chi connectivity index (χ0n) is 15.3. The Morgan fingerprint density at radius 2 is 2.16 bits per heavy atom. The van der Waals surface area contributed by atoms with Gasteiger partial charge in [-0.1, -0.05) is 6.42 Å². The van der Waals surface area contributed by atoms with Crippen LogP contribution in [-0.4, -0.2) is 72.2 Å². The third-order valence-electron chi connectivity index (χ3n) is 4.56. The van der Waals surface area contributed by atoms with Gasteiger partial charge in [0.2, 0.25) is 10.0 Å². The van der Waals surface area contributed by atoms with Crippen molar-refractivity contribution in [2.75, 3.05) is 45.7 Å². The molecule has 0 aromatic heterocycles. The van der Waals surface area contributed by atoms with Crippen LogP contribution in [0.15, 0.2) is 4.99 Å². The molecule has 9 heteroatoms. The maximum Gasteiger partial charge on any atom is 0.213 e. The van der Waals surface area contributed by atoms with E-state index in [0.717, 1.165) is 25.9 Å². The van der Waals surface area contributed by atoms with Crippen LogP contribution in [0.2, 0.25) is 0 Å². The lowest BCUT2D eigenvalue weighted by molar-refractivity contribution is 0.0348. The first-order valence-corrected chi connectivity index (χ1v) is 10.8. The third-order valence-corrected chi connectivity index (χ3v) is 5.90. The second kappa shape index (κ2) is 10.3. The van der Waals surface area contributed by atoms with Crippen LogP contribution >= 0.6 is 0 Å². The molecule has 1 heterocycles. The number of guanidine groups is 1. The lowest BCUT2D eigenvalue weighted by Crippen LogP contribution is -2.46. The van der Waals surface area contributed by atoms with E-state index in [4.69, 9.17) is 9.47 Å². The number of nitrogens with zero attached hydrogens (tertiary/aromatic N) is 1. The standard InChI is InChI=1S/C16H32N4O4S/c1-13(11-24-15-6-8-23-12-15)20-16(17-2)18-7-9-25(21,22)19-10-14-4-3-5-14/h13-15,19H,3-12H2,1-2H3,(H2,17,18,20). The summed E-state index contributed by atoms with van der Waals surface area (Å²) in [7, 11) is -1.58. The number of hydrogen-bond donors (Lipinski definition) is 3. The normalized spacial score (nSPS) is 23.3. The van der Waals surface area contributed by atoms with Crippen LogP contribution in [0.25, 0.3) is 0 Å². The average molecular weight is 377 g/mol. The Morgan fingerprint density at radius 3 is 2.76 bits per heavy atom. The molecule has 146 valence electrons. The highest BCUT2D eigenvalue weighted by Crippen LogP contribution is 2.25. The molecule has 0 amide bonds. The zero-order chi connectivity index (χ0) is 18.1. The molecule has 2 fully saturated rings. The van der Waals surface area contributed by atoms with Crippen LogP contribution in [0.5, 0.6) is 0 Å². The molecule has 2 atom stereocenters. The van der Waals surface area contributed by atoms with Gasteiger partial charge in [0.1, 0.15) is 0 Å². The van der Waals surface area contributed by atoms with Crippen LogP contribution in [0.1, 0.15) is 32.6 Å². The lowest BCUT2D eigenvalue weighted by atomic mass is 9.86. The predicted molar refractivity (Wildman–Crippen MR) is 98.3 cm³/mol. The minimum atomic E-state index is -3.24. The molecular weight excluding hydrogens is 344 g/mol. The monoisotopic (exact) mass is 376 g/mol. The maximum atomic E-state index is 12.0. The summed E-state index contributed by atoms with van der Waals surface area (Å²) in [5, 5.41) is 6.24. The van der Waals surface area contributed by atoms with Gasteiger partial charge in [-0.3, -0.25) is 4.99 Å². The summed E-state index contributed by atoms with van der Waals surface area (Å²) in [6.45, 7) is 4.85. The van der Waals surface area contributed by atoms with Crippen molar-refractivity contribution in [3.05, 3.63) is 0 Å². The van der Waals surface area contributed by atoms with E-state index >= 15 is 0 Å². The molecule has 2 rings (SSSR count). The molecule has 3 N–H and O–H groups in total. The fourth-order valence-corrected chi connectivity index (χ4v) is 3.72. The smallest absolute Gasteiger partial charge is 0.213 e. The maximum absolute atomic E-state index is 12.0. The highest BCUT2D eigenvalue weighted by molar-refractivity contribution is 7.89. The molecule has 0 aromatic rings. The molecule has 0 bridgehead atoms. The molecule has 8 nitrogen and oxygen atoms in total. The van der Waals surface area contributed by atoms with Gasteiger partial charge in [-0.25, -0.2) is 13.1 Å². The third kappa shape index (κ3) is 7.89. The molecule has 1 aliphatic carbocycles. The van der Waals surface area contributed by atoms with Crippen molar-refractivity contribution in [3.63, 3.8) is 0 Å². The van der Waals surface area contributed by atoms with Gasteiger partial charge in [0.15, 0.2) is 5.96 Å². The van der Waals surface area contributed by atoms with Crippen molar-refractivity contribution in [1.82, 2.24) is 15.4 Å². The Morgan fingerprint density at radius 1 is 1.36 bits per heavy atom. The minimum Gasteiger partial charge on any atom is -0.379 e. The van der Waals surface area contributed by atoms with E-state index in [1.807, 2.05) is 6.92 Å². The van der Waals surface area contributed by atoms with Crippen LogP contribution in [0, 0.1) is 5.92 Å². The summed E-state index contributed by atoms with van der Waals surface area (Å²) in [5.41, 5.74) is 0. The van der Waals surface area contributed by atoms with Crippen molar-refractivity contribution in [2.24, 2.45) is 10.9 Å². The van der Waals surface area contributed by atoms with Crippen LogP contribution in [0.4, 0.5) is 0 Å². The first kappa shape index (κ1) is 20.4.